The maximum atomic E-state index is 5.41. The van der Waals surface area contributed by atoms with Crippen LogP contribution in [0.2, 0.25) is 0 Å². The number of methoxy groups -OCH3 is 1. The van der Waals surface area contributed by atoms with Crippen LogP contribution in [0.15, 0.2) is 60.7 Å². The van der Waals surface area contributed by atoms with E-state index in [1.54, 1.807) is 7.11 Å². The fourth-order valence-electron chi connectivity index (χ4n) is 2.47. The Morgan fingerprint density at radius 3 is 2.43 bits per heavy atom. The first kappa shape index (κ1) is 15.0. The summed E-state index contributed by atoms with van der Waals surface area (Å²) in [6.07, 6.45) is 0. The number of aromatic nitrogens is 2. The molecule has 0 fully saturated rings. The van der Waals surface area contributed by atoms with Crippen LogP contribution < -0.4 is 10.1 Å². The summed E-state index contributed by atoms with van der Waals surface area (Å²) in [5.74, 6) is 1.57. The predicted octanol–water partition coefficient (Wildman–Crippen LogP) is 4.07. The number of anilines is 1. The number of para-hydroxylation sites is 1. The van der Waals surface area contributed by atoms with E-state index in [1.165, 1.54) is 5.56 Å². The first-order valence-electron chi connectivity index (χ1n) is 7.53. The van der Waals surface area contributed by atoms with Crippen molar-refractivity contribution in [1.82, 2.24) is 10.2 Å². The highest BCUT2D eigenvalue weighted by atomic mass is 16.5. The maximum absolute atomic E-state index is 5.41. The van der Waals surface area contributed by atoms with Crippen LogP contribution >= 0.6 is 0 Å². The number of ether oxygens (including phenoxy) is 1. The van der Waals surface area contributed by atoms with Crippen LogP contribution in [0.5, 0.6) is 5.75 Å². The van der Waals surface area contributed by atoms with E-state index in [4.69, 9.17) is 4.74 Å². The monoisotopic (exact) mass is 305 g/mol. The molecule has 1 aromatic heterocycles. The number of aryl methyl sites for hydroxylation is 1. The smallest absolute Gasteiger partial charge is 0.149 e. The van der Waals surface area contributed by atoms with Gasteiger partial charge < -0.3 is 10.1 Å². The lowest BCUT2D eigenvalue weighted by atomic mass is 10.1. The quantitative estimate of drug-likeness (QED) is 0.772. The van der Waals surface area contributed by atoms with E-state index in [0.717, 1.165) is 34.9 Å². The first-order chi connectivity index (χ1) is 11.3. The minimum atomic E-state index is 0.725. The Morgan fingerprint density at radius 1 is 0.957 bits per heavy atom. The Balaban J connectivity index is 1.81. The van der Waals surface area contributed by atoms with Gasteiger partial charge in [0.25, 0.3) is 0 Å². The van der Waals surface area contributed by atoms with E-state index in [9.17, 15) is 0 Å². The van der Waals surface area contributed by atoms with Crippen LogP contribution in [0.4, 0.5) is 5.82 Å². The molecule has 0 saturated heterocycles. The molecule has 2 aromatic carbocycles. The van der Waals surface area contributed by atoms with Crippen molar-refractivity contribution in [3.63, 3.8) is 0 Å². The second-order valence-corrected chi connectivity index (χ2v) is 5.30. The zero-order valence-corrected chi connectivity index (χ0v) is 13.3. The van der Waals surface area contributed by atoms with Gasteiger partial charge in [0.15, 0.2) is 0 Å². The van der Waals surface area contributed by atoms with Crippen LogP contribution in [0.25, 0.3) is 11.3 Å². The standard InChI is InChI=1S/C19H19N3O/c1-14-12-18(20-13-15-8-4-3-5-9-15)21-22-19(14)16-10-6-7-11-17(16)23-2/h3-12H,13H2,1-2H3,(H,20,21). The lowest BCUT2D eigenvalue weighted by Crippen LogP contribution is -2.04. The van der Waals surface area contributed by atoms with Gasteiger partial charge in [-0.2, -0.15) is 0 Å². The number of hydrogen-bond donors (Lipinski definition) is 1. The lowest BCUT2D eigenvalue weighted by molar-refractivity contribution is 0.416. The van der Waals surface area contributed by atoms with Crippen molar-refractivity contribution in [3.8, 4) is 17.0 Å². The highest BCUT2D eigenvalue weighted by molar-refractivity contribution is 5.70. The molecule has 0 aliphatic rings. The molecule has 1 heterocycles. The van der Waals surface area contributed by atoms with Crippen molar-refractivity contribution in [1.29, 1.82) is 0 Å². The van der Waals surface area contributed by atoms with E-state index in [2.05, 4.69) is 27.6 Å². The molecule has 0 spiro atoms. The minimum Gasteiger partial charge on any atom is -0.496 e. The number of nitrogens with zero attached hydrogens (tertiary/aromatic N) is 2. The van der Waals surface area contributed by atoms with E-state index in [0.29, 0.717) is 0 Å². The van der Waals surface area contributed by atoms with Gasteiger partial charge in [-0.25, -0.2) is 0 Å². The van der Waals surface area contributed by atoms with Crippen LogP contribution in [0, 0.1) is 6.92 Å². The van der Waals surface area contributed by atoms with Gasteiger partial charge in [0.2, 0.25) is 0 Å². The number of hydrogen-bond acceptors (Lipinski definition) is 4. The average Bonchev–Trinajstić information content (AvgIpc) is 2.61. The summed E-state index contributed by atoms with van der Waals surface area (Å²) < 4.78 is 5.41. The summed E-state index contributed by atoms with van der Waals surface area (Å²) in [4.78, 5) is 0. The number of benzene rings is 2. The molecular formula is C19H19N3O. The lowest BCUT2D eigenvalue weighted by Gasteiger charge is -2.11. The van der Waals surface area contributed by atoms with Crippen LogP contribution in [-0.2, 0) is 6.54 Å². The Bertz CT molecular complexity index is 788. The molecule has 4 heteroatoms. The van der Waals surface area contributed by atoms with Gasteiger partial charge in [-0.05, 0) is 36.2 Å². The summed E-state index contributed by atoms with van der Waals surface area (Å²) in [5.41, 5.74) is 4.06. The molecule has 0 saturated carbocycles. The van der Waals surface area contributed by atoms with E-state index < -0.39 is 0 Å². The Kier molecular flexibility index (Phi) is 4.52. The fraction of sp³-hybridized carbons (Fsp3) is 0.158. The van der Waals surface area contributed by atoms with Crippen molar-refractivity contribution >= 4 is 5.82 Å². The fourth-order valence-corrected chi connectivity index (χ4v) is 2.47. The molecule has 3 aromatic rings. The van der Waals surface area contributed by atoms with E-state index >= 15 is 0 Å². The zero-order valence-electron chi connectivity index (χ0n) is 13.3. The third-order valence-electron chi connectivity index (χ3n) is 3.66. The molecular weight excluding hydrogens is 286 g/mol. The number of rotatable bonds is 5. The summed E-state index contributed by atoms with van der Waals surface area (Å²) in [6, 6.07) is 20.1. The zero-order chi connectivity index (χ0) is 16.1. The van der Waals surface area contributed by atoms with E-state index in [-0.39, 0.29) is 0 Å². The summed E-state index contributed by atoms with van der Waals surface area (Å²) >= 11 is 0. The Morgan fingerprint density at radius 2 is 1.70 bits per heavy atom. The van der Waals surface area contributed by atoms with Crippen molar-refractivity contribution in [2.45, 2.75) is 13.5 Å². The van der Waals surface area contributed by atoms with Crippen molar-refractivity contribution < 1.29 is 4.74 Å². The highest BCUT2D eigenvalue weighted by Crippen LogP contribution is 2.30. The van der Waals surface area contributed by atoms with Gasteiger partial charge in [0.05, 0.1) is 12.8 Å². The summed E-state index contributed by atoms with van der Waals surface area (Å²) in [7, 11) is 1.66. The second kappa shape index (κ2) is 6.92. The highest BCUT2D eigenvalue weighted by Gasteiger charge is 2.10. The van der Waals surface area contributed by atoms with Gasteiger partial charge in [0, 0.05) is 12.1 Å². The number of nitrogens with one attached hydrogen (secondary N) is 1. The summed E-state index contributed by atoms with van der Waals surface area (Å²) in [5, 5.41) is 12.0. The van der Waals surface area contributed by atoms with Crippen molar-refractivity contribution in [3.05, 3.63) is 71.8 Å². The minimum absolute atomic E-state index is 0.725. The maximum Gasteiger partial charge on any atom is 0.149 e. The van der Waals surface area contributed by atoms with Gasteiger partial charge in [-0.3, -0.25) is 0 Å². The van der Waals surface area contributed by atoms with Crippen LogP contribution in [-0.4, -0.2) is 17.3 Å². The van der Waals surface area contributed by atoms with Gasteiger partial charge in [-0.15, -0.1) is 10.2 Å². The summed E-state index contributed by atoms with van der Waals surface area (Å²) in [6.45, 7) is 2.76. The molecule has 23 heavy (non-hydrogen) atoms. The molecule has 0 unspecified atom stereocenters. The third-order valence-corrected chi connectivity index (χ3v) is 3.66. The largest absolute Gasteiger partial charge is 0.496 e. The molecule has 1 N–H and O–H groups in total. The normalized spacial score (nSPS) is 10.3. The molecule has 0 amide bonds. The first-order valence-corrected chi connectivity index (χ1v) is 7.53. The predicted molar refractivity (Wildman–Crippen MR) is 92.5 cm³/mol. The SMILES string of the molecule is COc1ccccc1-c1nnc(NCc2ccccc2)cc1C. The molecule has 0 aliphatic carbocycles. The third kappa shape index (κ3) is 3.48. The van der Waals surface area contributed by atoms with Crippen molar-refractivity contribution in [2.75, 3.05) is 12.4 Å². The molecule has 116 valence electrons. The molecule has 3 rings (SSSR count). The average molecular weight is 305 g/mol. The van der Waals surface area contributed by atoms with E-state index in [1.807, 2.05) is 55.5 Å². The second-order valence-electron chi connectivity index (χ2n) is 5.30. The van der Waals surface area contributed by atoms with Crippen LogP contribution in [0.1, 0.15) is 11.1 Å². The topological polar surface area (TPSA) is 47.0 Å². The molecule has 0 atom stereocenters. The molecule has 0 aliphatic heterocycles. The Labute approximate surface area is 136 Å². The molecule has 4 nitrogen and oxygen atoms in total. The van der Waals surface area contributed by atoms with Gasteiger partial charge in [0.1, 0.15) is 11.6 Å². The van der Waals surface area contributed by atoms with Gasteiger partial charge in [-0.1, -0.05) is 42.5 Å². The van der Waals surface area contributed by atoms with Gasteiger partial charge >= 0.3 is 0 Å². The molecule has 0 bridgehead atoms. The van der Waals surface area contributed by atoms with Crippen LogP contribution in [0.3, 0.4) is 0 Å². The molecule has 0 radical (unpaired) electrons. The Hall–Kier alpha value is -2.88. The van der Waals surface area contributed by atoms with Crippen molar-refractivity contribution in [2.24, 2.45) is 0 Å².